The van der Waals surface area contributed by atoms with E-state index in [1.54, 1.807) is 24.3 Å². The topological polar surface area (TPSA) is 66.5 Å². The predicted octanol–water partition coefficient (Wildman–Crippen LogP) is 2.38. The van der Waals surface area contributed by atoms with E-state index in [9.17, 15) is 13.2 Å². The summed E-state index contributed by atoms with van der Waals surface area (Å²) in [5.41, 5.74) is 0.386. The first-order chi connectivity index (χ1) is 10.2. The molecule has 0 aliphatic rings. The largest absolute Gasteiger partial charge is 0.351 e. The smallest absolute Gasteiger partial charge is 0.252 e. The third-order valence-corrected chi connectivity index (χ3v) is 4.82. The lowest BCUT2D eigenvalue weighted by Gasteiger charge is -2.21. The van der Waals surface area contributed by atoms with Crippen LogP contribution in [0.25, 0.3) is 0 Å². The van der Waals surface area contributed by atoms with Crippen molar-refractivity contribution in [1.29, 1.82) is 0 Å². The van der Waals surface area contributed by atoms with Crippen molar-refractivity contribution in [3.63, 3.8) is 0 Å². The van der Waals surface area contributed by atoms with Gasteiger partial charge in [-0.25, -0.2) is 12.7 Å². The van der Waals surface area contributed by atoms with Crippen LogP contribution < -0.4 is 5.32 Å². The molecule has 0 fully saturated rings. The Balaban J connectivity index is 2.56. The van der Waals surface area contributed by atoms with Gasteiger partial charge >= 0.3 is 0 Å². The molecule has 0 aliphatic heterocycles. The van der Waals surface area contributed by atoms with Crippen molar-refractivity contribution in [2.75, 3.05) is 25.9 Å². The number of carbonyl (C=O) groups excluding carboxylic acids is 1. The van der Waals surface area contributed by atoms with Crippen LogP contribution in [0.1, 0.15) is 30.6 Å². The second kappa shape index (κ2) is 8.50. The maximum absolute atomic E-state index is 12.0. The minimum atomic E-state index is -3.28. The third kappa shape index (κ3) is 6.34. The van der Waals surface area contributed by atoms with Gasteiger partial charge in [0.2, 0.25) is 10.0 Å². The van der Waals surface area contributed by atoms with Gasteiger partial charge in [-0.3, -0.25) is 4.79 Å². The maximum atomic E-state index is 12.0. The lowest BCUT2D eigenvalue weighted by atomic mass is 10.1. The first-order valence-electron chi connectivity index (χ1n) is 7.19. The van der Waals surface area contributed by atoms with Crippen LogP contribution in [-0.4, -0.2) is 44.5 Å². The molecule has 1 amide bonds. The molecule has 0 aromatic heterocycles. The van der Waals surface area contributed by atoms with Gasteiger partial charge in [0.15, 0.2) is 0 Å². The van der Waals surface area contributed by atoms with Crippen molar-refractivity contribution >= 4 is 27.5 Å². The van der Waals surface area contributed by atoms with Crippen LogP contribution in [0.3, 0.4) is 0 Å². The van der Waals surface area contributed by atoms with Crippen molar-refractivity contribution in [3.8, 4) is 0 Å². The summed E-state index contributed by atoms with van der Waals surface area (Å²) in [5, 5.41) is 3.08. The Kier molecular flexibility index (Phi) is 7.32. The zero-order valence-corrected chi connectivity index (χ0v) is 14.7. The van der Waals surface area contributed by atoms with Gasteiger partial charge in [-0.2, -0.15) is 0 Å². The molecular weight excluding hydrogens is 324 g/mol. The van der Waals surface area contributed by atoms with Crippen LogP contribution in [0.5, 0.6) is 0 Å². The van der Waals surface area contributed by atoms with Crippen LogP contribution >= 0.6 is 11.6 Å². The molecular formula is C15H23ClN2O3S. The monoisotopic (exact) mass is 346 g/mol. The Morgan fingerprint density at radius 3 is 2.45 bits per heavy atom. The van der Waals surface area contributed by atoms with Crippen LogP contribution in [-0.2, 0) is 10.0 Å². The molecule has 0 spiro atoms. The first kappa shape index (κ1) is 18.9. The number of benzene rings is 1. The van der Waals surface area contributed by atoms with Gasteiger partial charge in [-0.05, 0) is 24.5 Å². The summed E-state index contributed by atoms with van der Waals surface area (Å²) < 4.78 is 24.9. The zero-order valence-electron chi connectivity index (χ0n) is 13.2. The van der Waals surface area contributed by atoms with Gasteiger partial charge in [-0.15, -0.1) is 0 Å². The molecule has 0 saturated carbocycles. The lowest BCUT2D eigenvalue weighted by Crippen LogP contribution is -2.39. The van der Waals surface area contributed by atoms with Crippen molar-refractivity contribution in [3.05, 3.63) is 34.9 Å². The van der Waals surface area contributed by atoms with E-state index in [0.717, 1.165) is 6.42 Å². The molecule has 0 atom stereocenters. The second-order valence-electron chi connectivity index (χ2n) is 5.58. The number of nitrogens with one attached hydrogen (secondary N) is 1. The molecule has 0 unspecified atom stereocenters. The Morgan fingerprint density at radius 1 is 1.27 bits per heavy atom. The molecule has 5 nitrogen and oxygen atoms in total. The number of sulfonamides is 1. The number of halogens is 1. The highest BCUT2D eigenvalue weighted by atomic mass is 35.5. The molecule has 1 aromatic rings. The van der Waals surface area contributed by atoms with E-state index in [0.29, 0.717) is 23.0 Å². The highest BCUT2D eigenvalue weighted by Gasteiger charge is 2.17. The molecule has 0 bridgehead atoms. The summed E-state index contributed by atoms with van der Waals surface area (Å²) in [5.74, 6) is 0.116. The third-order valence-electron chi connectivity index (χ3n) is 3.19. The van der Waals surface area contributed by atoms with Crippen molar-refractivity contribution in [2.24, 2.45) is 5.92 Å². The molecule has 0 heterocycles. The summed E-state index contributed by atoms with van der Waals surface area (Å²) in [4.78, 5) is 12.0. The van der Waals surface area contributed by atoms with Crippen LogP contribution in [0, 0.1) is 5.92 Å². The fraction of sp³-hybridized carbons (Fsp3) is 0.533. The lowest BCUT2D eigenvalue weighted by molar-refractivity contribution is 0.0951. The fourth-order valence-electron chi connectivity index (χ4n) is 1.88. The molecule has 0 aliphatic carbocycles. The van der Waals surface area contributed by atoms with Gasteiger partial charge in [0.05, 0.1) is 16.8 Å². The summed E-state index contributed by atoms with van der Waals surface area (Å²) in [6.45, 7) is 5.04. The second-order valence-corrected chi connectivity index (χ2v) is 7.97. The number of nitrogens with zero attached hydrogens (tertiary/aromatic N) is 1. The number of hydrogen-bond donors (Lipinski definition) is 1. The van der Waals surface area contributed by atoms with E-state index in [-0.39, 0.29) is 19.0 Å². The zero-order chi connectivity index (χ0) is 16.8. The van der Waals surface area contributed by atoms with Crippen molar-refractivity contribution in [1.82, 2.24) is 9.62 Å². The molecule has 1 rings (SSSR count). The van der Waals surface area contributed by atoms with Crippen molar-refractivity contribution in [2.45, 2.75) is 20.3 Å². The molecule has 0 radical (unpaired) electrons. The number of carbonyl (C=O) groups is 1. The Morgan fingerprint density at radius 2 is 1.91 bits per heavy atom. The highest BCUT2D eigenvalue weighted by Crippen LogP contribution is 2.14. The summed E-state index contributed by atoms with van der Waals surface area (Å²) in [6.07, 6.45) is 1.97. The minimum absolute atomic E-state index is 0.245. The minimum Gasteiger partial charge on any atom is -0.351 e. The SMILES string of the molecule is CC(C)CCN(CCNC(=O)c1ccccc1Cl)S(C)(=O)=O. The van der Waals surface area contributed by atoms with E-state index in [1.807, 2.05) is 13.8 Å². The molecule has 0 saturated heterocycles. The first-order valence-corrected chi connectivity index (χ1v) is 9.42. The summed E-state index contributed by atoms with van der Waals surface area (Å²) >= 11 is 5.95. The standard InChI is InChI=1S/C15H23ClN2O3S/c1-12(2)8-10-18(22(3,20)21)11-9-17-15(19)13-6-4-5-7-14(13)16/h4-7,12H,8-11H2,1-3H3,(H,17,19). The Bertz CT molecular complexity index is 603. The molecule has 22 heavy (non-hydrogen) atoms. The Hall–Kier alpha value is -1.11. The Labute approximate surface area is 137 Å². The normalized spacial score (nSPS) is 11.9. The molecule has 1 N–H and O–H groups in total. The quantitative estimate of drug-likeness (QED) is 0.785. The average molecular weight is 347 g/mol. The number of amides is 1. The van der Waals surface area contributed by atoms with Gasteiger partial charge < -0.3 is 5.32 Å². The molecule has 1 aromatic carbocycles. The van der Waals surface area contributed by atoms with Gasteiger partial charge in [0.25, 0.3) is 5.91 Å². The van der Waals surface area contributed by atoms with Crippen LogP contribution in [0.15, 0.2) is 24.3 Å². The van der Waals surface area contributed by atoms with E-state index < -0.39 is 10.0 Å². The van der Waals surface area contributed by atoms with Gasteiger partial charge in [0, 0.05) is 19.6 Å². The predicted molar refractivity (Wildman–Crippen MR) is 89.7 cm³/mol. The summed E-state index contributed by atoms with van der Waals surface area (Å²) in [6, 6.07) is 6.75. The van der Waals surface area contributed by atoms with E-state index in [1.165, 1.54) is 10.6 Å². The van der Waals surface area contributed by atoms with Crippen LogP contribution in [0.2, 0.25) is 5.02 Å². The average Bonchev–Trinajstić information content (AvgIpc) is 2.41. The van der Waals surface area contributed by atoms with E-state index >= 15 is 0 Å². The number of hydrogen-bond acceptors (Lipinski definition) is 3. The van der Waals surface area contributed by atoms with Gasteiger partial charge in [0.1, 0.15) is 0 Å². The molecule has 7 heteroatoms. The molecule has 124 valence electrons. The maximum Gasteiger partial charge on any atom is 0.252 e. The highest BCUT2D eigenvalue weighted by molar-refractivity contribution is 7.88. The van der Waals surface area contributed by atoms with Crippen LogP contribution in [0.4, 0.5) is 0 Å². The fourth-order valence-corrected chi connectivity index (χ4v) is 2.96. The summed E-state index contributed by atoms with van der Waals surface area (Å²) in [7, 11) is -3.28. The van der Waals surface area contributed by atoms with Crippen molar-refractivity contribution < 1.29 is 13.2 Å². The van der Waals surface area contributed by atoms with Gasteiger partial charge in [-0.1, -0.05) is 37.6 Å². The van der Waals surface area contributed by atoms with E-state index in [2.05, 4.69) is 5.32 Å². The number of rotatable bonds is 8. The van der Waals surface area contributed by atoms with E-state index in [4.69, 9.17) is 11.6 Å².